The first-order valence-electron chi connectivity index (χ1n) is 9.91. The standard InChI is InChI=1S/C24H24N2O5/c1-15(2)19-7-4-5-8-20(19)26-22(27)16(3)31-24(29)17-10-12-18(13-11-17)25-23(28)21-9-6-14-30-21/h4-16H,1-3H3,(H,25,28)(H,26,27)/t16-/m1/s1. The highest BCUT2D eigenvalue weighted by Crippen LogP contribution is 2.24. The molecule has 2 N–H and O–H groups in total. The highest BCUT2D eigenvalue weighted by molar-refractivity contribution is 6.02. The summed E-state index contributed by atoms with van der Waals surface area (Å²) in [4.78, 5) is 36.9. The van der Waals surface area contributed by atoms with Crippen LogP contribution in [0.25, 0.3) is 0 Å². The van der Waals surface area contributed by atoms with Gasteiger partial charge in [0.25, 0.3) is 11.8 Å². The van der Waals surface area contributed by atoms with Crippen LogP contribution in [0.2, 0.25) is 0 Å². The summed E-state index contributed by atoms with van der Waals surface area (Å²) < 4.78 is 10.3. The number of anilines is 2. The van der Waals surface area contributed by atoms with Crippen molar-refractivity contribution in [3.05, 3.63) is 83.8 Å². The zero-order chi connectivity index (χ0) is 22.4. The van der Waals surface area contributed by atoms with Crippen LogP contribution in [-0.4, -0.2) is 23.9 Å². The minimum atomic E-state index is -0.981. The predicted octanol–water partition coefficient (Wildman–Crippen LogP) is 4.84. The Morgan fingerprint density at radius 3 is 2.23 bits per heavy atom. The molecule has 0 saturated carbocycles. The van der Waals surface area contributed by atoms with Crippen molar-refractivity contribution >= 4 is 29.2 Å². The summed E-state index contributed by atoms with van der Waals surface area (Å²) in [6, 6.07) is 16.8. The fourth-order valence-electron chi connectivity index (χ4n) is 2.92. The van der Waals surface area contributed by atoms with Crippen molar-refractivity contribution in [2.24, 2.45) is 0 Å². The number of benzene rings is 2. The Balaban J connectivity index is 1.58. The summed E-state index contributed by atoms with van der Waals surface area (Å²) in [5.41, 5.74) is 2.45. The topological polar surface area (TPSA) is 97.6 Å². The maximum atomic E-state index is 12.5. The van der Waals surface area contributed by atoms with Crippen LogP contribution in [0, 0.1) is 0 Å². The molecule has 3 rings (SSSR count). The molecule has 7 heteroatoms. The minimum Gasteiger partial charge on any atom is -0.459 e. The van der Waals surface area contributed by atoms with E-state index in [1.54, 1.807) is 24.3 Å². The van der Waals surface area contributed by atoms with Crippen molar-refractivity contribution in [1.82, 2.24) is 0 Å². The SMILES string of the molecule is CC(C)c1ccccc1NC(=O)[C@@H](C)OC(=O)c1ccc(NC(=O)c2ccco2)cc1. The van der Waals surface area contributed by atoms with Crippen LogP contribution in [0.4, 0.5) is 11.4 Å². The third-order valence-corrected chi connectivity index (χ3v) is 4.62. The van der Waals surface area contributed by atoms with E-state index in [-0.39, 0.29) is 17.2 Å². The molecule has 0 aliphatic carbocycles. The number of rotatable bonds is 7. The lowest BCUT2D eigenvalue weighted by molar-refractivity contribution is -0.123. The van der Waals surface area contributed by atoms with E-state index in [0.717, 1.165) is 5.56 Å². The van der Waals surface area contributed by atoms with Gasteiger partial charge in [0.15, 0.2) is 11.9 Å². The Labute approximate surface area is 180 Å². The molecule has 0 aliphatic heterocycles. The molecular formula is C24H24N2O5. The first-order chi connectivity index (χ1) is 14.8. The van der Waals surface area contributed by atoms with E-state index in [9.17, 15) is 14.4 Å². The Bertz CT molecular complexity index is 1060. The van der Waals surface area contributed by atoms with Crippen molar-refractivity contribution in [2.45, 2.75) is 32.8 Å². The molecule has 0 aliphatic rings. The molecule has 3 aromatic rings. The fraction of sp³-hybridized carbons (Fsp3) is 0.208. The van der Waals surface area contributed by atoms with Crippen LogP contribution in [-0.2, 0) is 9.53 Å². The molecular weight excluding hydrogens is 396 g/mol. The summed E-state index contributed by atoms with van der Waals surface area (Å²) in [6.07, 6.45) is 0.429. The van der Waals surface area contributed by atoms with Crippen molar-refractivity contribution in [2.75, 3.05) is 10.6 Å². The number of para-hydroxylation sites is 1. The molecule has 2 amide bonds. The summed E-state index contributed by atoms with van der Waals surface area (Å²) in [5.74, 6) is -1.02. The van der Waals surface area contributed by atoms with Crippen molar-refractivity contribution < 1.29 is 23.5 Å². The van der Waals surface area contributed by atoms with Gasteiger partial charge in [0.05, 0.1) is 11.8 Å². The zero-order valence-corrected chi connectivity index (χ0v) is 17.5. The van der Waals surface area contributed by atoms with Gasteiger partial charge >= 0.3 is 5.97 Å². The summed E-state index contributed by atoms with van der Waals surface area (Å²) in [5, 5.41) is 5.48. The van der Waals surface area contributed by atoms with Gasteiger partial charge in [0.1, 0.15) is 0 Å². The maximum absolute atomic E-state index is 12.5. The van der Waals surface area contributed by atoms with Gasteiger partial charge in [-0.3, -0.25) is 9.59 Å². The number of carbonyl (C=O) groups excluding carboxylic acids is 3. The summed E-state index contributed by atoms with van der Waals surface area (Å²) >= 11 is 0. The molecule has 0 unspecified atom stereocenters. The van der Waals surface area contributed by atoms with E-state index in [1.807, 2.05) is 38.1 Å². The first kappa shape index (κ1) is 21.8. The Hall–Kier alpha value is -3.87. The molecule has 2 aromatic carbocycles. The maximum Gasteiger partial charge on any atom is 0.338 e. The normalized spacial score (nSPS) is 11.6. The smallest absolute Gasteiger partial charge is 0.338 e. The van der Waals surface area contributed by atoms with Gasteiger partial charge in [0, 0.05) is 11.4 Å². The number of amides is 2. The number of hydrogen-bond donors (Lipinski definition) is 2. The van der Waals surface area contributed by atoms with E-state index < -0.39 is 23.9 Å². The fourth-order valence-corrected chi connectivity index (χ4v) is 2.92. The van der Waals surface area contributed by atoms with Gasteiger partial charge in [-0.2, -0.15) is 0 Å². The third kappa shape index (κ3) is 5.60. The first-order valence-corrected chi connectivity index (χ1v) is 9.91. The second-order valence-electron chi connectivity index (χ2n) is 7.29. The predicted molar refractivity (Wildman–Crippen MR) is 117 cm³/mol. The Morgan fingerprint density at radius 2 is 1.58 bits per heavy atom. The number of esters is 1. The van der Waals surface area contributed by atoms with Gasteiger partial charge in [0.2, 0.25) is 0 Å². The van der Waals surface area contributed by atoms with Crippen LogP contribution < -0.4 is 10.6 Å². The van der Waals surface area contributed by atoms with Crippen LogP contribution >= 0.6 is 0 Å². The third-order valence-electron chi connectivity index (χ3n) is 4.62. The number of nitrogens with one attached hydrogen (secondary N) is 2. The lowest BCUT2D eigenvalue weighted by Gasteiger charge is -2.17. The summed E-state index contributed by atoms with van der Waals surface area (Å²) in [6.45, 7) is 5.59. The van der Waals surface area contributed by atoms with Crippen molar-refractivity contribution in [3.8, 4) is 0 Å². The molecule has 31 heavy (non-hydrogen) atoms. The average molecular weight is 420 g/mol. The molecule has 1 aromatic heterocycles. The van der Waals surface area contributed by atoms with Gasteiger partial charge in [-0.1, -0.05) is 32.0 Å². The van der Waals surface area contributed by atoms with Crippen LogP contribution in [0.15, 0.2) is 71.3 Å². The number of ether oxygens (including phenoxy) is 1. The Morgan fingerprint density at radius 1 is 0.871 bits per heavy atom. The molecule has 160 valence electrons. The highest BCUT2D eigenvalue weighted by atomic mass is 16.5. The van der Waals surface area contributed by atoms with Gasteiger partial charge < -0.3 is 19.8 Å². The van der Waals surface area contributed by atoms with Crippen LogP contribution in [0.1, 0.15) is 53.2 Å². The summed E-state index contributed by atoms with van der Waals surface area (Å²) in [7, 11) is 0. The lowest BCUT2D eigenvalue weighted by atomic mass is 10.0. The van der Waals surface area contributed by atoms with Gasteiger partial charge in [-0.15, -0.1) is 0 Å². The Kier molecular flexibility index (Phi) is 6.87. The quantitative estimate of drug-likeness (QED) is 0.533. The van der Waals surface area contributed by atoms with E-state index in [2.05, 4.69) is 10.6 Å². The molecule has 7 nitrogen and oxygen atoms in total. The van der Waals surface area contributed by atoms with E-state index in [4.69, 9.17) is 9.15 Å². The highest BCUT2D eigenvalue weighted by Gasteiger charge is 2.20. The molecule has 0 bridgehead atoms. The average Bonchev–Trinajstić information content (AvgIpc) is 3.29. The van der Waals surface area contributed by atoms with Gasteiger partial charge in [-0.05, 0) is 60.9 Å². The largest absolute Gasteiger partial charge is 0.459 e. The van der Waals surface area contributed by atoms with Crippen molar-refractivity contribution in [1.29, 1.82) is 0 Å². The van der Waals surface area contributed by atoms with E-state index in [1.165, 1.54) is 25.3 Å². The van der Waals surface area contributed by atoms with Crippen LogP contribution in [0.3, 0.4) is 0 Å². The minimum absolute atomic E-state index is 0.183. The molecule has 0 spiro atoms. The lowest BCUT2D eigenvalue weighted by Crippen LogP contribution is -2.30. The molecule has 0 fully saturated rings. The molecule has 0 radical (unpaired) electrons. The number of furan rings is 1. The molecule has 1 atom stereocenters. The number of hydrogen-bond acceptors (Lipinski definition) is 5. The van der Waals surface area contributed by atoms with Crippen molar-refractivity contribution in [3.63, 3.8) is 0 Å². The number of carbonyl (C=O) groups is 3. The zero-order valence-electron chi connectivity index (χ0n) is 17.5. The van der Waals surface area contributed by atoms with Crippen LogP contribution in [0.5, 0.6) is 0 Å². The monoisotopic (exact) mass is 420 g/mol. The van der Waals surface area contributed by atoms with E-state index in [0.29, 0.717) is 11.4 Å². The second-order valence-corrected chi connectivity index (χ2v) is 7.29. The molecule has 0 saturated heterocycles. The second kappa shape index (κ2) is 9.75. The van der Waals surface area contributed by atoms with Gasteiger partial charge in [-0.25, -0.2) is 4.79 Å². The van der Waals surface area contributed by atoms with E-state index >= 15 is 0 Å². The molecule has 1 heterocycles.